The second-order valence-electron chi connectivity index (χ2n) is 10.3. The number of hydrogen-bond acceptors (Lipinski definition) is 7. The van der Waals surface area contributed by atoms with E-state index in [0.29, 0.717) is 41.7 Å². The van der Waals surface area contributed by atoms with Gasteiger partial charge in [0.15, 0.2) is 5.60 Å². The number of aromatic nitrogens is 1. The third kappa shape index (κ3) is 7.35. The maximum absolute atomic E-state index is 11.8. The Morgan fingerprint density at radius 3 is 2.40 bits per heavy atom. The second-order valence-corrected chi connectivity index (χ2v) is 10.3. The first-order valence-electron chi connectivity index (χ1n) is 13.9. The minimum Gasteiger partial charge on any atom is -0.497 e. The Bertz CT molecular complexity index is 1680. The monoisotopic (exact) mass is 579 g/mol. The van der Waals surface area contributed by atoms with Gasteiger partial charge in [0.2, 0.25) is 5.89 Å². The molecule has 5 aromatic rings. The molecule has 8 heteroatoms. The van der Waals surface area contributed by atoms with Crippen LogP contribution in [0.3, 0.4) is 0 Å². The standard InChI is InChI=1S/C35H33NO7/c1-35(2,34(37)38)43-31-17-16-29(40-19-18-27-23-42-33(36-27)25-12-9-13-28(20-25)39-3)21-26(31)22-41-32-15-8-7-14-30(32)24-10-5-4-6-11-24/h4-17,20-21,23H,18-19,22H2,1-3H3,(H,37,38). The van der Waals surface area contributed by atoms with Gasteiger partial charge in [0.1, 0.15) is 35.9 Å². The molecule has 8 nitrogen and oxygen atoms in total. The van der Waals surface area contributed by atoms with Crippen LogP contribution in [0.15, 0.2) is 108 Å². The van der Waals surface area contributed by atoms with Gasteiger partial charge in [-0.25, -0.2) is 9.78 Å². The minimum atomic E-state index is -1.44. The summed E-state index contributed by atoms with van der Waals surface area (Å²) in [6.07, 6.45) is 2.14. The second kappa shape index (κ2) is 13.2. The zero-order valence-electron chi connectivity index (χ0n) is 24.3. The Balaban J connectivity index is 1.30. The quantitative estimate of drug-likeness (QED) is 0.153. The third-order valence-corrected chi connectivity index (χ3v) is 6.76. The molecule has 1 N–H and O–H groups in total. The van der Waals surface area contributed by atoms with Gasteiger partial charge >= 0.3 is 5.97 Å². The summed E-state index contributed by atoms with van der Waals surface area (Å²) in [5, 5.41) is 9.64. The van der Waals surface area contributed by atoms with Crippen LogP contribution in [-0.2, 0) is 17.8 Å². The smallest absolute Gasteiger partial charge is 0.347 e. The van der Waals surface area contributed by atoms with Gasteiger partial charge in [0.25, 0.3) is 0 Å². The van der Waals surface area contributed by atoms with Gasteiger partial charge in [0, 0.05) is 23.1 Å². The fourth-order valence-corrected chi connectivity index (χ4v) is 4.36. The normalized spacial score (nSPS) is 11.1. The lowest BCUT2D eigenvalue weighted by Crippen LogP contribution is -2.38. The summed E-state index contributed by atoms with van der Waals surface area (Å²) in [5.74, 6) is 1.84. The molecule has 0 saturated heterocycles. The number of methoxy groups -OCH3 is 1. The van der Waals surface area contributed by atoms with Crippen molar-refractivity contribution in [3.63, 3.8) is 0 Å². The predicted molar refractivity (Wildman–Crippen MR) is 163 cm³/mol. The van der Waals surface area contributed by atoms with E-state index in [1.54, 1.807) is 25.5 Å². The number of carboxylic acids is 1. The van der Waals surface area contributed by atoms with E-state index < -0.39 is 11.6 Å². The van der Waals surface area contributed by atoms with Gasteiger partial charge in [-0.3, -0.25) is 0 Å². The van der Waals surface area contributed by atoms with E-state index in [2.05, 4.69) is 4.98 Å². The summed E-state index contributed by atoms with van der Waals surface area (Å²) in [7, 11) is 1.62. The first-order chi connectivity index (χ1) is 20.8. The molecule has 0 aliphatic rings. The minimum absolute atomic E-state index is 0.138. The Morgan fingerprint density at radius 2 is 1.60 bits per heavy atom. The lowest BCUT2D eigenvalue weighted by Gasteiger charge is -2.24. The van der Waals surface area contributed by atoms with Crippen LogP contribution in [0.2, 0.25) is 0 Å². The van der Waals surface area contributed by atoms with E-state index in [1.165, 1.54) is 13.8 Å². The molecule has 4 aromatic carbocycles. The summed E-state index contributed by atoms with van der Waals surface area (Å²) in [4.78, 5) is 16.4. The van der Waals surface area contributed by atoms with Crippen molar-refractivity contribution < 1.29 is 33.3 Å². The molecule has 220 valence electrons. The molecule has 0 aliphatic heterocycles. The van der Waals surface area contributed by atoms with E-state index in [9.17, 15) is 9.90 Å². The SMILES string of the molecule is COc1cccc(-c2nc(CCOc3ccc(OC(C)(C)C(=O)O)c(COc4ccccc4-c4ccccc4)c3)co2)c1. The molecule has 5 rings (SSSR count). The average molecular weight is 580 g/mol. The Hall–Kier alpha value is -5.24. The lowest BCUT2D eigenvalue weighted by molar-refractivity contribution is -0.152. The number of oxazole rings is 1. The molecule has 0 unspecified atom stereocenters. The molecule has 0 aliphatic carbocycles. The summed E-state index contributed by atoms with van der Waals surface area (Å²) in [6.45, 7) is 3.50. The van der Waals surface area contributed by atoms with Crippen molar-refractivity contribution in [2.75, 3.05) is 13.7 Å². The van der Waals surface area contributed by atoms with Gasteiger partial charge in [-0.15, -0.1) is 0 Å². The molecule has 0 spiro atoms. The van der Waals surface area contributed by atoms with Crippen LogP contribution in [0.1, 0.15) is 25.1 Å². The molecular formula is C35H33NO7. The predicted octanol–water partition coefficient (Wildman–Crippen LogP) is 7.46. The molecule has 0 fully saturated rings. The number of rotatable bonds is 13. The van der Waals surface area contributed by atoms with Gasteiger partial charge in [-0.05, 0) is 61.9 Å². The summed E-state index contributed by atoms with van der Waals surface area (Å²) in [6, 6.07) is 30.5. The van der Waals surface area contributed by atoms with Crippen LogP contribution < -0.4 is 18.9 Å². The fourth-order valence-electron chi connectivity index (χ4n) is 4.36. The van der Waals surface area contributed by atoms with Crippen molar-refractivity contribution in [1.29, 1.82) is 0 Å². The van der Waals surface area contributed by atoms with Gasteiger partial charge in [0.05, 0.1) is 19.4 Å². The van der Waals surface area contributed by atoms with Crippen LogP contribution in [0.4, 0.5) is 0 Å². The van der Waals surface area contributed by atoms with Crippen LogP contribution in [-0.4, -0.2) is 35.4 Å². The number of para-hydroxylation sites is 1. The zero-order valence-corrected chi connectivity index (χ0v) is 24.3. The number of nitrogens with zero attached hydrogens (tertiary/aromatic N) is 1. The highest BCUT2D eigenvalue weighted by Gasteiger charge is 2.30. The molecule has 1 heterocycles. The van der Waals surface area contributed by atoms with Gasteiger partial charge in [-0.2, -0.15) is 0 Å². The average Bonchev–Trinajstić information content (AvgIpc) is 3.50. The highest BCUT2D eigenvalue weighted by atomic mass is 16.5. The van der Waals surface area contributed by atoms with E-state index >= 15 is 0 Å². The number of carbonyl (C=O) groups is 1. The Labute approximate surface area is 250 Å². The van der Waals surface area contributed by atoms with Gasteiger partial charge in [-0.1, -0.05) is 54.6 Å². The molecule has 0 atom stereocenters. The maximum Gasteiger partial charge on any atom is 0.347 e. The van der Waals surface area contributed by atoms with Crippen molar-refractivity contribution in [3.05, 3.63) is 115 Å². The van der Waals surface area contributed by atoms with E-state index in [0.717, 1.165) is 28.1 Å². The van der Waals surface area contributed by atoms with E-state index in [4.69, 9.17) is 23.4 Å². The van der Waals surface area contributed by atoms with Gasteiger partial charge < -0.3 is 28.5 Å². The van der Waals surface area contributed by atoms with Crippen molar-refractivity contribution in [2.45, 2.75) is 32.5 Å². The van der Waals surface area contributed by atoms with Crippen LogP contribution >= 0.6 is 0 Å². The molecular weight excluding hydrogens is 546 g/mol. The fraction of sp³-hybridized carbons (Fsp3) is 0.200. The summed E-state index contributed by atoms with van der Waals surface area (Å²) >= 11 is 0. The zero-order chi connectivity index (χ0) is 30.2. The van der Waals surface area contributed by atoms with Crippen LogP contribution in [0.5, 0.6) is 23.0 Å². The third-order valence-electron chi connectivity index (χ3n) is 6.76. The Kier molecular flexibility index (Phi) is 8.96. The number of carboxylic acid groups (broad SMARTS) is 1. The number of hydrogen-bond donors (Lipinski definition) is 1. The number of aliphatic carboxylic acids is 1. The lowest BCUT2D eigenvalue weighted by atomic mass is 10.0. The van der Waals surface area contributed by atoms with Crippen molar-refractivity contribution in [3.8, 4) is 45.6 Å². The molecule has 0 saturated carbocycles. The largest absolute Gasteiger partial charge is 0.497 e. The molecule has 1 aromatic heterocycles. The number of benzene rings is 4. The molecule has 43 heavy (non-hydrogen) atoms. The molecule has 0 radical (unpaired) electrons. The maximum atomic E-state index is 11.8. The Morgan fingerprint density at radius 1 is 0.837 bits per heavy atom. The van der Waals surface area contributed by atoms with Crippen molar-refractivity contribution in [1.82, 2.24) is 4.98 Å². The van der Waals surface area contributed by atoms with Crippen molar-refractivity contribution in [2.24, 2.45) is 0 Å². The van der Waals surface area contributed by atoms with Crippen LogP contribution in [0.25, 0.3) is 22.6 Å². The van der Waals surface area contributed by atoms with E-state index in [-0.39, 0.29) is 6.61 Å². The van der Waals surface area contributed by atoms with Crippen LogP contribution in [0, 0.1) is 0 Å². The number of ether oxygens (including phenoxy) is 4. The van der Waals surface area contributed by atoms with Crippen molar-refractivity contribution >= 4 is 5.97 Å². The molecule has 0 amide bonds. The first kappa shape index (κ1) is 29.3. The highest BCUT2D eigenvalue weighted by molar-refractivity contribution is 5.77. The summed E-state index contributed by atoms with van der Waals surface area (Å²) in [5.41, 5.74) is 2.76. The highest BCUT2D eigenvalue weighted by Crippen LogP contribution is 2.33. The topological polar surface area (TPSA) is 100 Å². The first-order valence-corrected chi connectivity index (χ1v) is 13.9. The molecule has 0 bridgehead atoms. The van der Waals surface area contributed by atoms with E-state index in [1.807, 2.05) is 84.9 Å². The summed E-state index contributed by atoms with van der Waals surface area (Å²) < 4.78 is 29.2.